The minimum absolute atomic E-state index is 0.0704. The van der Waals surface area contributed by atoms with E-state index in [2.05, 4.69) is 10.1 Å². The molecule has 0 atom stereocenters. The van der Waals surface area contributed by atoms with Crippen LogP contribution in [0.3, 0.4) is 0 Å². The lowest BCUT2D eigenvalue weighted by Gasteiger charge is -2.39. The first-order valence-electron chi connectivity index (χ1n) is 10.1. The Hall–Kier alpha value is -3.39. The number of para-hydroxylation sites is 1. The Morgan fingerprint density at radius 2 is 2.00 bits per heavy atom. The van der Waals surface area contributed by atoms with E-state index < -0.39 is 0 Å². The van der Waals surface area contributed by atoms with Gasteiger partial charge in [0.2, 0.25) is 5.91 Å². The Balaban J connectivity index is 1.34. The van der Waals surface area contributed by atoms with Crippen molar-refractivity contribution in [2.45, 2.75) is 18.9 Å². The predicted molar refractivity (Wildman–Crippen MR) is 113 cm³/mol. The SMILES string of the molecule is COCCc1noc(-c2ccccc2OC2CN(C(=O)Cc3cccc(OC)c3)C2)n1. The summed E-state index contributed by atoms with van der Waals surface area (Å²) in [5.41, 5.74) is 1.67. The number of carbonyl (C=O) groups is 1. The fourth-order valence-corrected chi connectivity index (χ4v) is 3.37. The molecule has 0 N–H and O–H groups in total. The van der Waals surface area contributed by atoms with E-state index in [0.29, 0.717) is 50.0 Å². The molecule has 0 aliphatic carbocycles. The van der Waals surface area contributed by atoms with Gasteiger partial charge in [-0.2, -0.15) is 4.98 Å². The summed E-state index contributed by atoms with van der Waals surface area (Å²) in [5.74, 6) is 2.48. The number of aromatic nitrogens is 2. The highest BCUT2D eigenvalue weighted by molar-refractivity contribution is 5.79. The number of amides is 1. The highest BCUT2D eigenvalue weighted by atomic mass is 16.5. The summed E-state index contributed by atoms with van der Waals surface area (Å²) in [6.45, 7) is 1.61. The number of hydrogen-bond acceptors (Lipinski definition) is 7. The quantitative estimate of drug-likeness (QED) is 0.523. The zero-order valence-corrected chi connectivity index (χ0v) is 17.6. The number of likely N-dealkylation sites (tertiary alicyclic amines) is 1. The Kier molecular flexibility index (Phi) is 6.47. The minimum atomic E-state index is -0.0775. The molecule has 0 unspecified atom stereocenters. The summed E-state index contributed by atoms with van der Waals surface area (Å²) in [7, 11) is 3.25. The Bertz CT molecular complexity index is 1030. The number of benzene rings is 2. The van der Waals surface area contributed by atoms with E-state index in [1.165, 1.54) is 0 Å². The average Bonchev–Trinajstić information content (AvgIpc) is 3.23. The zero-order chi connectivity index (χ0) is 21.6. The lowest BCUT2D eigenvalue weighted by molar-refractivity contribution is -0.139. The largest absolute Gasteiger partial charge is 0.497 e. The van der Waals surface area contributed by atoms with E-state index in [1.807, 2.05) is 48.5 Å². The minimum Gasteiger partial charge on any atom is -0.497 e. The molecule has 1 aliphatic heterocycles. The molecular formula is C23H25N3O5. The van der Waals surface area contributed by atoms with Gasteiger partial charge in [-0.05, 0) is 29.8 Å². The summed E-state index contributed by atoms with van der Waals surface area (Å²) >= 11 is 0. The Morgan fingerprint density at radius 3 is 2.81 bits per heavy atom. The molecule has 162 valence electrons. The molecule has 0 radical (unpaired) electrons. The molecule has 1 saturated heterocycles. The normalized spacial score (nSPS) is 13.7. The van der Waals surface area contributed by atoms with Crippen LogP contribution in [0.25, 0.3) is 11.5 Å². The number of rotatable bonds is 9. The van der Waals surface area contributed by atoms with E-state index in [4.69, 9.17) is 18.7 Å². The second-order valence-electron chi connectivity index (χ2n) is 7.32. The van der Waals surface area contributed by atoms with Crippen molar-refractivity contribution in [1.82, 2.24) is 15.0 Å². The van der Waals surface area contributed by atoms with E-state index in [0.717, 1.165) is 16.9 Å². The van der Waals surface area contributed by atoms with Crippen molar-refractivity contribution >= 4 is 5.91 Å². The zero-order valence-electron chi connectivity index (χ0n) is 17.6. The van der Waals surface area contributed by atoms with Crippen LogP contribution < -0.4 is 9.47 Å². The molecule has 8 heteroatoms. The first-order valence-corrected chi connectivity index (χ1v) is 10.1. The van der Waals surface area contributed by atoms with Gasteiger partial charge in [0.25, 0.3) is 5.89 Å². The van der Waals surface area contributed by atoms with Crippen LogP contribution >= 0.6 is 0 Å². The summed E-state index contributed by atoms with van der Waals surface area (Å²) < 4.78 is 21.8. The maximum atomic E-state index is 12.6. The molecule has 1 fully saturated rings. The van der Waals surface area contributed by atoms with Crippen molar-refractivity contribution in [2.24, 2.45) is 0 Å². The second-order valence-corrected chi connectivity index (χ2v) is 7.32. The van der Waals surface area contributed by atoms with Crippen LogP contribution in [0.2, 0.25) is 0 Å². The molecule has 4 rings (SSSR count). The van der Waals surface area contributed by atoms with Crippen molar-refractivity contribution < 1.29 is 23.5 Å². The van der Waals surface area contributed by atoms with E-state index in [1.54, 1.807) is 19.1 Å². The Morgan fingerprint density at radius 1 is 1.16 bits per heavy atom. The predicted octanol–water partition coefficient (Wildman–Crippen LogP) is 2.77. The third-order valence-electron chi connectivity index (χ3n) is 5.10. The van der Waals surface area contributed by atoms with Gasteiger partial charge in [0.15, 0.2) is 5.82 Å². The van der Waals surface area contributed by atoms with Crippen molar-refractivity contribution in [3.8, 4) is 23.0 Å². The highest BCUT2D eigenvalue weighted by Crippen LogP contribution is 2.30. The molecule has 2 heterocycles. The molecule has 8 nitrogen and oxygen atoms in total. The third-order valence-corrected chi connectivity index (χ3v) is 5.10. The van der Waals surface area contributed by atoms with Crippen LogP contribution in [-0.4, -0.2) is 61.0 Å². The number of nitrogens with zero attached hydrogens (tertiary/aromatic N) is 3. The van der Waals surface area contributed by atoms with Crippen LogP contribution in [0, 0.1) is 0 Å². The Labute approximate surface area is 180 Å². The van der Waals surface area contributed by atoms with Crippen LogP contribution in [0.15, 0.2) is 53.1 Å². The van der Waals surface area contributed by atoms with Crippen LogP contribution in [-0.2, 0) is 22.4 Å². The number of hydrogen-bond donors (Lipinski definition) is 0. The van der Waals surface area contributed by atoms with Gasteiger partial charge in [-0.25, -0.2) is 0 Å². The van der Waals surface area contributed by atoms with Crippen molar-refractivity contribution in [3.05, 3.63) is 59.9 Å². The van der Waals surface area contributed by atoms with Gasteiger partial charge >= 0.3 is 0 Å². The summed E-state index contributed by atoms with van der Waals surface area (Å²) in [4.78, 5) is 18.8. The number of methoxy groups -OCH3 is 2. The van der Waals surface area contributed by atoms with Crippen molar-refractivity contribution in [2.75, 3.05) is 33.9 Å². The highest BCUT2D eigenvalue weighted by Gasteiger charge is 2.33. The maximum Gasteiger partial charge on any atom is 0.261 e. The fourth-order valence-electron chi connectivity index (χ4n) is 3.37. The summed E-state index contributed by atoms with van der Waals surface area (Å²) in [6, 6.07) is 15.1. The summed E-state index contributed by atoms with van der Waals surface area (Å²) in [6.07, 6.45) is 0.842. The average molecular weight is 423 g/mol. The molecule has 0 spiro atoms. The van der Waals surface area contributed by atoms with Gasteiger partial charge < -0.3 is 23.6 Å². The van der Waals surface area contributed by atoms with E-state index in [-0.39, 0.29) is 12.0 Å². The van der Waals surface area contributed by atoms with Gasteiger partial charge in [0, 0.05) is 13.5 Å². The van der Waals surface area contributed by atoms with Gasteiger partial charge in [0.05, 0.1) is 38.8 Å². The van der Waals surface area contributed by atoms with Crippen LogP contribution in [0.4, 0.5) is 0 Å². The lowest BCUT2D eigenvalue weighted by atomic mass is 10.1. The molecular weight excluding hydrogens is 398 g/mol. The molecule has 3 aromatic rings. The van der Waals surface area contributed by atoms with Crippen LogP contribution in [0.5, 0.6) is 11.5 Å². The number of ether oxygens (including phenoxy) is 3. The topological polar surface area (TPSA) is 86.9 Å². The monoisotopic (exact) mass is 423 g/mol. The van der Waals surface area contributed by atoms with Gasteiger partial charge in [-0.1, -0.05) is 29.4 Å². The first-order chi connectivity index (χ1) is 15.2. The third kappa shape index (κ3) is 5.03. The second kappa shape index (κ2) is 9.61. The molecule has 1 amide bonds. The molecule has 0 bridgehead atoms. The lowest BCUT2D eigenvalue weighted by Crippen LogP contribution is -2.56. The number of carbonyl (C=O) groups excluding carboxylic acids is 1. The molecule has 1 aromatic heterocycles. The van der Waals surface area contributed by atoms with E-state index >= 15 is 0 Å². The standard InChI is InChI=1S/C23H25N3O5/c1-28-11-10-21-24-23(31-25-21)19-8-3-4-9-20(19)30-18-14-26(15-18)22(27)13-16-6-5-7-17(12-16)29-2/h3-9,12,18H,10-11,13-15H2,1-2H3. The van der Waals surface area contributed by atoms with Crippen molar-refractivity contribution in [3.63, 3.8) is 0 Å². The van der Waals surface area contributed by atoms with Crippen LogP contribution in [0.1, 0.15) is 11.4 Å². The maximum absolute atomic E-state index is 12.6. The van der Waals surface area contributed by atoms with Gasteiger partial charge in [-0.15, -0.1) is 0 Å². The van der Waals surface area contributed by atoms with Crippen molar-refractivity contribution in [1.29, 1.82) is 0 Å². The molecule has 1 aliphatic rings. The molecule has 31 heavy (non-hydrogen) atoms. The summed E-state index contributed by atoms with van der Waals surface area (Å²) in [5, 5.41) is 3.99. The fraction of sp³-hybridized carbons (Fsp3) is 0.348. The molecule has 2 aromatic carbocycles. The molecule has 0 saturated carbocycles. The van der Waals surface area contributed by atoms with Gasteiger partial charge in [-0.3, -0.25) is 4.79 Å². The smallest absolute Gasteiger partial charge is 0.261 e. The van der Waals surface area contributed by atoms with E-state index in [9.17, 15) is 4.79 Å². The first kappa shape index (κ1) is 20.9. The van der Waals surface area contributed by atoms with Gasteiger partial charge in [0.1, 0.15) is 17.6 Å².